The zero-order chi connectivity index (χ0) is 34.3. The van der Waals surface area contributed by atoms with Gasteiger partial charge in [-0.3, -0.25) is 25.1 Å². The maximum absolute atomic E-state index is 13.3. The number of benzene rings is 4. The van der Waals surface area contributed by atoms with Crippen molar-refractivity contribution >= 4 is 29.7 Å². The van der Waals surface area contributed by atoms with Crippen LogP contribution in [0.15, 0.2) is 109 Å². The quantitative estimate of drug-likeness (QED) is 0.0841. The van der Waals surface area contributed by atoms with Crippen LogP contribution in [0.2, 0.25) is 0 Å². The number of rotatable bonds is 15. The van der Waals surface area contributed by atoms with Crippen molar-refractivity contribution < 1.29 is 23.9 Å². The number of nitrogens with one attached hydrogen (secondary N) is 5. The molecule has 0 saturated carbocycles. The molecule has 0 heterocycles. The number of hydrogen-bond donors (Lipinski definition) is 6. The van der Waals surface area contributed by atoms with Crippen LogP contribution < -0.4 is 27.0 Å². The summed E-state index contributed by atoms with van der Waals surface area (Å²) in [6, 6.07) is 31.3. The van der Waals surface area contributed by atoms with Gasteiger partial charge in [-0.2, -0.15) is 0 Å². The summed E-state index contributed by atoms with van der Waals surface area (Å²) < 4.78 is 5.17. The predicted octanol–water partition coefficient (Wildman–Crippen LogP) is 3.95. The van der Waals surface area contributed by atoms with Crippen molar-refractivity contribution in [2.75, 3.05) is 0 Å². The number of alkyl carbamates (subject to hydrolysis) is 1. The lowest BCUT2D eigenvalue weighted by Crippen LogP contribution is -2.51. The van der Waals surface area contributed by atoms with Crippen molar-refractivity contribution in [3.63, 3.8) is 0 Å². The first-order valence-corrected chi connectivity index (χ1v) is 15.6. The van der Waals surface area contributed by atoms with Gasteiger partial charge >= 0.3 is 6.09 Å². The number of nitrogens with two attached hydrogens (primary N) is 1. The average Bonchev–Trinajstić information content (AvgIpc) is 3.10. The van der Waals surface area contributed by atoms with Gasteiger partial charge in [0.25, 0.3) is 0 Å². The van der Waals surface area contributed by atoms with E-state index in [1.807, 2.05) is 60.7 Å². The Kier molecular flexibility index (Phi) is 13.0. The minimum Gasteiger partial charge on any atom is -0.444 e. The van der Waals surface area contributed by atoms with Gasteiger partial charge in [-0.1, -0.05) is 97.1 Å². The molecule has 4 amide bonds. The molecule has 0 radical (unpaired) electrons. The van der Waals surface area contributed by atoms with Gasteiger partial charge in [0.05, 0.1) is 6.04 Å². The number of carbonyl (C=O) groups is 4. The summed E-state index contributed by atoms with van der Waals surface area (Å²) >= 11 is 0. The number of amides is 4. The summed E-state index contributed by atoms with van der Waals surface area (Å²) in [5.74, 6) is -1.28. The van der Waals surface area contributed by atoms with E-state index in [0.29, 0.717) is 30.5 Å². The molecule has 2 atom stereocenters. The van der Waals surface area contributed by atoms with Crippen molar-refractivity contribution in [3.05, 3.63) is 143 Å². The van der Waals surface area contributed by atoms with E-state index < -0.39 is 24.1 Å². The molecule has 0 bridgehead atoms. The van der Waals surface area contributed by atoms with Crippen LogP contribution in [0, 0.1) is 5.41 Å². The Balaban J connectivity index is 1.25. The molecular weight excluding hydrogens is 608 g/mol. The zero-order valence-electron chi connectivity index (χ0n) is 26.7. The van der Waals surface area contributed by atoms with Gasteiger partial charge in [0.2, 0.25) is 17.7 Å². The molecule has 248 valence electrons. The Morgan fingerprint density at radius 1 is 0.708 bits per heavy atom. The molecule has 0 aromatic heterocycles. The van der Waals surface area contributed by atoms with E-state index in [9.17, 15) is 19.2 Å². The third kappa shape index (κ3) is 11.2. The van der Waals surface area contributed by atoms with Gasteiger partial charge in [-0.15, -0.1) is 0 Å². The monoisotopic (exact) mass is 648 g/mol. The fourth-order valence-electron chi connectivity index (χ4n) is 4.75. The van der Waals surface area contributed by atoms with Crippen LogP contribution in [0.5, 0.6) is 0 Å². The minimum absolute atomic E-state index is 0.0936. The first-order valence-electron chi connectivity index (χ1n) is 15.6. The van der Waals surface area contributed by atoms with Crippen LogP contribution in [-0.4, -0.2) is 41.7 Å². The summed E-state index contributed by atoms with van der Waals surface area (Å²) in [5.41, 5.74) is 9.79. The molecule has 48 heavy (non-hydrogen) atoms. The topological polar surface area (TPSA) is 175 Å². The Hall–Kier alpha value is -5.81. The van der Waals surface area contributed by atoms with E-state index in [-0.39, 0.29) is 30.8 Å². The Labute approximate surface area is 279 Å². The normalized spacial score (nSPS) is 11.9. The smallest absolute Gasteiger partial charge is 0.413 e. The van der Waals surface area contributed by atoms with Crippen molar-refractivity contribution in [2.24, 2.45) is 5.73 Å². The molecule has 4 rings (SSSR count). The van der Waals surface area contributed by atoms with Gasteiger partial charge in [0.1, 0.15) is 18.5 Å². The molecule has 4 aromatic carbocycles. The highest BCUT2D eigenvalue weighted by Gasteiger charge is 2.23. The molecule has 11 heteroatoms. The first kappa shape index (κ1) is 35.1. The van der Waals surface area contributed by atoms with E-state index >= 15 is 0 Å². The summed E-state index contributed by atoms with van der Waals surface area (Å²) in [4.78, 5) is 49.7. The molecule has 0 saturated heterocycles. The van der Waals surface area contributed by atoms with Crippen molar-refractivity contribution in [2.45, 2.75) is 51.5 Å². The van der Waals surface area contributed by atoms with Crippen molar-refractivity contribution in [1.29, 1.82) is 5.41 Å². The third-order valence-electron chi connectivity index (χ3n) is 7.57. The van der Waals surface area contributed by atoms with Gasteiger partial charge in [-0.25, -0.2) is 4.79 Å². The first-order chi connectivity index (χ1) is 23.2. The third-order valence-corrected chi connectivity index (χ3v) is 7.57. The molecule has 0 unspecified atom stereocenters. The fourth-order valence-corrected chi connectivity index (χ4v) is 4.75. The molecule has 0 aliphatic rings. The van der Waals surface area contributed by atoms with Crippen molar-refractivity contribution in [1.82, 2.24) is 21.3 Å². The van der Waals surface area contributed by atoms with Gasteiger partial charge in [0.15, 0.2) is 0 Å². The van der Waals surface area contributed by atoms with E-state index in [1.165, 1.54) is 0 Å². The van der Waals surface area contributed by atoms with Crippen LogP contribution in [0.4, 0.5) is 4.79 Å². The van der Waals surface area contributed by atoms with E-state index in [0.717, 1.165) is 22.3 Å². The molecule has 0 fully saturated rings. The molecular formula is C37H40N6O5. The summed E-state index contributed by atoms with van der Waals surface area (Å²) in [5, 5.41) is 19.5. The molecule has 4 aromatic rings. The van der Waals surface area contributed by atoms with Crippen molar-refractivity contribution in [3.8, 4) is 0 Å². The number of carbonyl (C=O) groups excluding carboxylic acids is 4. The van der Waals surface area contributed by atoms with Gasteiger partial charge in [0, 0.05) is 24.2 Å². The average molecular weight is 649 g/mol. The van der Waals surface area contributed by atoms with Crippen LogP contribution in [0.3, 0.4) is 0 Å². The maximum atomic E-state index is 13.3. The Morgan fingerprint density at radius 3 is 1.88 bits per heavy atom. The number of hydrogen-bond acceptors (Lipinski definition) is 7. The lowest BCUT2D eigenvalue weighted by atomic mass is 10.0. The SMILES string of the molecule is C[C@H](NC(=O)[C@@H](CCc1ccccc1)NCc1ccc(C(N)=O)cc1)C(=O)NCc1ccc(C(=N)NC(=O)OCc2ccccc2)cc1. The highest BCUT2D eigenvalue weighted by Crippen LogP contribution is 2.10. The van der Waals surface area contributed by atoms with Crippen LogP contribution in [0.1, 0.15) is 51.5 Å². The summed E-state index contributed by atoms with van der Waals surface area (Å²) in [7, 11) is 0. The Bertz CT molecular complexity index is 1680. The standard InChI is InChI=1S/C37H40N6O5/c1-25(35(45)41-23-28-12-17-30(18-13-28)33(38)43-37(47)48-24-29-10-6-3-7-11-29)42-36(46)32(21-16-26-8-4-2-5-9-26)40-22-27-14-19-31(20-15-27)34(39)44/h2-15,17-20,25,32,40H,16,21-24H2,1H3,(H2,39,44)(H,41,45)(H,42,46)(H2,38,43,47)/t25-,32+/m0/s1. The second kappa shape index (κ2) is 17.8. The number of ether oxygens (including phenoxy) is 1. The van der Waals surface area contributed by atoms with Gasteiger partial charge < -0.3 is 26.4 Å². The predicted molar refractivity (Wildman–Crippen MR) is 183 cm³/mol. The summed E-state index contributed by atoms with van der Waals surface area (Å²) in [6.07, 6.45) is 0.433. The lowest BCUT2D eigenvalue weighted by molar-refractivity contribution is -0.129. The fraction of sp³-hybridized carbons (Fsp3) is 0.216. The largest absolute Gasteiger partial charge is 0.444 e. The van der Waals surface area contributed by atoms with Crippen LogP contribution >= 0.6 is 0 Å². The minimum atomic E-state index is -0.799. The van der Waals surface area contributed by atoms with E-state index in [4.69, 9.17) is 15.9 Å². The highest BCUT2D eigenvalue weighted by molar-refractivity contribution is 6.04. The number of primary amides is 1. The molecule has 0 spiro atoms. The lowest BCUT2D eigenvalue weighted by Gasteiger charge is -2.21. The molecule has 0 aliphatic carbocycles. The zero-order valence-corrected chi connectivity index (χ0v) is 26.7. The molecule has 7 N–H and O–H groups in total. The van der Waals surface area contributed by atoms with E-state index in [2.05, 4.69) is 21.3 Å². The second-order valence-electron chi connectivity index (χ2n) is 11.2. The maximum Gasteiger partial charge on any atom is 0.413 e. The number of aryl methyl sites for hydroxylation is 1. The van der Waals surface area contributed by atoms with Crippen LogP contribution in [0.25, 0.3) is 0 Å². The van der Waals surface area contributed by atoms with Gasteiger partial charge in [-0.05, 0) is 54.2 Å². The molecule has 11 nitrogen and oxygen atoms in total. The molecule has 0 aliphatic heterocycles. The van der Waals surface area contributed by atoms with Crippen LogP contribution in [-0.2, 0) is 40.4 Å². The highest BCUT2D eigenvalue weighted by atomic mass is 16.5. The summed E-state index contributed by atoms with van der Waals surface area (Å²) in [6.45, 7) is 2.30. The second-order valence-corrected chi connectivity index (χ2v) is 11.2. The Morgan fingerprint density at radius 2 is 1.27 bits per heavy atom. The number of amidine groups is 1. The van der Waals surface area contributed by atoms with E-state index in [1.54, 1.807) is 55.5 Å².